The Balaban J connectivity index is 2.94. The SMILES string of the molecule is CCOC(=O)/C(C)=C/c1ccc(Cl)cc1C. The van der Waals surface area contributed by atoms with Gasteiger partial charge in [0.15, 0.2) is 0 Å². The zero-order chi connectivity index (χ0) is 12.1. The predicted octanol–water partition coefficient (Wildman–Crippen LogP) is 3.61. The van der Waals surface area contributed by atoms with Crippen molar-refractivity contribution in [1.82, 2.24) is 0 Å². The molecule has 0 aromatic heterocycles. The van der Waals surface area contributed by atoms with E-state index in [0.29, 0.717) is 17.2 Å². The van der Waals surface area contributed by atoms with E-state index in [0.717, 1.165) is 11.1 Å². The van der Waals surface area contributed by atoms with Crippen LogP contribution in [-0.4, -0.2) is 12.6 Å². The summed E-state index contributed by atoms with van der Waals surface area (Å²) in [5, 5.41) is 0.698. The number of esters is 1. The van der Waals surface area contributed by atoms with Crippen LogP contribution in [0.3, 0.4) is 0 Å². The largest absolute Gasteiger partial charge is 0.463 e. The van der Waals surface area contributed by atoms with Crippen molar-refractivity contribution in [3.63, 3.8) is 0 Å². The molecule has 16 heavy (non-hydrogen) atoms. The van der Waals surface area contributed by atoms with Crippen LogP contribution in [0, 0.1) is 6.92 Å². The van der Waals surface area contributed by atoms with Crippen molar-refractivity contribution in [2.75, 3.05) is 6.61 Å². The molecule has 0 unspecified atom stereocenters. The van der Waals surface area contributed by atoms with Crippen LogP contribution < -0.4 is 0 Å². The van der Waals surface area contributed by atoms with Gasteiger partial charge in [0, 0.05) is 10.6 Å². The van der Waals surface area contributed by atoms with Crippen molar-refractivity contribution < 1.29 is 9.53 Å². The molecule has 0 aliphatic rings. The van der Waals surface area contributed by atoms with Crippen molar-refractivity contribution in [3.05, 3.63) is 39.9 Å². The highest BCUT2D eigenvalue weighted by atomic mass is 35.5. The Morgan fingerprint density at radius 1 is 1.50 bits per heavy atom. The van der Waals surface area contributed by atoms with Gasteiger partial charge >= 0.3 is 5.97 Å². The van der Waals surface area contributed by atoms with Crippen LogP contribution in [0.1, 0.15) is 25.0 Å². The molecule has 0 spiro atoms. The van der Waals surface area contributed by atoms with E-state index in [-0.39, 0.29) is 5.97 Å². The zero-order valence-electron chi connectivity index (χ0n) is 9.71. The first-order valence-corrected chi connectivity index (χ1v) is 5.54. The Morgan fingerprint density at radius 2 is 2.19 bits per heavy atom. The van der Waals surface area contributed by atoms with Crippen molar-refractivity contribution in [3.8, 4) is 0 Å². The van der Waals surface area contributed by atoms with E-state index >= 15 is 0 Å². The van der Waals surface area contributed by atoms with Crippen LogP contribution >= 0.6 is 11.6 Å². The molecule has 0 aliphatic carbocycles. The molecule has 1 rings (SSSR count). The molecule has 0 saturated carbocycles. The second-order valence-electron chi connectivity index (χ2n) is 3.55. The number of rotatable bonds is 3. The molecule has 0 aliphatic heterocycles. The molecule has 86 valence electrons. The van der Waals surface area contributed by atoms with Crippen molar-refractivity contribution in [2.45, 2.75) is 20.8 Å². The van der Waals surface area contributed by atoms with Gasteiger partial charge in [-0.3, -0.25) is 0 Å². The fraction of sp³-hybridized carbons (Fsp3) is 0.308. The molecular weight excluding hydrogens is 224 g/mol. The van der Waals surface area contributed by atoms with E-state index in [1.165, 1.54) is 0 Å². The third-order valence-corrected chi connectivity index (χ3v) is 2.44. The summed E-state index contributed by atoms with van der Waals surface area (Å²) in [6.45, 7) is 5.88. The highest BCUT2D eigenvalue weighted by Gasteiger charge is 2.05. The van der Waals surface area contributed by atoms with E-state index in [4.69, 9.17) is 16.3 Å². The molecule has 0 atom stereocenters. The number of halogens is 1. The van der Waals surface area contributed by atoms with Gasteiger partial charge in [0.1, 0.15) is 0 Å². The van der Waals surface area contributed by atoms with Gasteiger partial charge in [-0.05, 0) is 50.1 Å². The standard InChI is InChI=1S/C13H15ClO2/c1-4-16-13(15)10(3)7-11-5-6-12(14)8-9(11)2/h5-8H,4H2,1-3H3/b10-7+. The summed E-state index contributed by atoms with van der Waals surface area (Å²) in [7, 11) is 0. The van der Waals surface area contributed by atoms with E-state index in [9.17, 15) is 4.79 Å². The third kappa shape index (κ3) is 3.38. The quantitative estimate of drug-likeness (QED) is 0.594. The molecule has 2 nitrogen and oxygen atoms in total. The van der Waals surface area contributed by atoms with Gasteiger partial charge in [-0.2, -0.15) is 0 Å². The lowest BCUT2D eigenvalue weighted by Gasteiger charge is -2.04. The minimum Gasteiger partial charge on any atom is -0.463 e. The normalized spacial score (nSPS) is 11.4. The number of carbonyl (C=O) groups excluding carboxylic acids is 1. The Bertz CT molecular complexity index is 422. The van der Waals surface area contributed by atoms with Gasteiger partial charge in [-0.25, -0.2) is 4.79 Å². The number of hydrogen-bond acceptors (Lipinski definition) is 2. The van der Waals surface area contributed by atoms with Crippen LogP contribution in [0.25, 0.3) is 6.08 Å². The monoisotopic (exact) mass is 238 g/mol. The first-order valence-electron chi connectivity index (χ1n) is 5.16. The predicted molar refractivity (Wildman–Crippen MR) is 66.5 cm³/mol. The van der Waals surface area contributed by atoms with Crippen molar-refractivity contribution >= 4 is 23.6 Å². The second kappa shape index (κ2) is 5.71. The van der Waals surface area contributed by atoms with Crippen molar-refractivity contribution in [1.29, 1.82) is 0 Å². The summed E-state index contributed by atoms with van der Waals surface area (Å²) in [4.78, 5) is 11.4. The zero-order valence-corrected chi connectivity index (χ0v) is 10.5. The van der Waals surface area contributed by atoms with Gasteiger partial charge in [-0.1, -0.05) is 17.7 Å². The van der Waals surface area contributed by atoms with Crippen molar-refractivity contribution in [2.24, 2.45) is 0 Å². The topological polar surface area (TPSA) is 26.3 Å². The fourth-order valence-corrected chi connectivity index (χ4v) is 1.56. The molecule has 0 radical (unpaired) electrons. The lowest BCUT2D eigenvalue weighted by atomic mass is 10.1. The number of aryl methyl sites for hydroxylation is 1. The second-order valence-corrected chi connectivity index (χ2v) is 3.99. The smallest absolute Gasteiger partial charge is 0.333 e. The third-order valence-electron chi connectivity index (χ3n) is 2.20. The molecule has 3 heteroatoms. The van der Waals surface area contributed by atoms with Crippen LogP contribution in [0.4, 0.5) is 0 Å². The average molecular weight is 239 g/mol. The minimum absolute atomic E-state index is 0.281. The van der Waals surface area contributed by atoms with E-state index in [1.807, 2.05) is 25.1 Å². The molecule has 0 bridgehead atoms. The van der Waals surface area contributed by atoms with Gasteiger partial charge in [0.25, 0.3) is 0 Å². The van der Waals surface area contributed by atoms with E-state index in [1.54, 1.807) is 19.9 Å². The first kappa shape index (κ1) is 12.8. The molecule has 1 aromatic carbocycles. The fourth-order valence-electron chi connectivity index (χ4n) is 1.34. The number of carbonyl (C=O) groups is 1. The summed E-state index contributed by atoms with van der Waals surface area (Å²) >= 11 is 5.85. The maximum Gasteiger partial charge on any atom is 0.333 e. The molecule has 0 saturated heterocycles. The highest BCUT2D eigenvalue weighted by molar-refractivity contribution is 6.30. The number of hydrogen-bond donors (Lipinski definition) is 0. The van der Waals surface area contributed by atoms with Crippen LogP contribution in [-0.2, 0) is 9.53 Å². The summed E-state index contributed by atoms with van der Waals surface area (Å²) in [5.41, 5.74) is 2.61. The Kier molecular flexibility index (Phi) is 4.56. The highest BCUT2D eigenvalue weighted by Crippen LogP contribution is 2.18. The maximum atomic E-state index is 11.4. The molecular formula is C13H15ClO2. The lowest BCUT2D eigenvalue weighted by Crippen LogP contribution is -2.04. The van der Waals surface area contributed by atoms with Crippen LogP contribution in [0.15, 0.2) is 23.8 Å². The lowest BCUT2D eigenvalue weighted by molar-refractivity contribution is -0.138. The van der Waals surface area contributed by atoms with Gasteiger partial charge < -0.3 is 4.74 Å². The summed E-state index contributed by atoms with van der Waals surface area (Å²) < 4.78 is 4.91. The van der Waals surface area contributed by atoms with Gasteiger partial charge in [-0.15, -0.1) is 0 Å². The Hall–Kier alpha value is -1.28. The summed E-state index contributed by atoms with van der Waals surface area (Å²) in [5.74, 6) is -0.281. The Morgan fingerprint density at radius 3 is 2.75 bits per heavy atom. The first-order chi connectivity index (χ1) is 7.54. The molecule has 0 amide bonds. The number of ether oxygens (including phenoxy) is 1. The average Bonchev–Trinajstić information content (AvgIpc) is 2.22. The maximum absolute atomic E-state index is 11.4. The molecule has 0 N–H and O–H groups in total. The number of benzene rings is 1. The minimum atomic E-state index is -0.281. The summed E-state index contributed by atoms with van der Waals surface area (Å²) in [6, 6.07) is 5.56. The molecule has 0 fully saturated rings. The van der Waals surface area contributed by atoms with Gasteiger partial charge in [0.2, 0.25) is 0 Å². The summed E-state index contributed by atoms with van der Waals surface area (Å²) in [6.07, 6.45) is 1.81. The van der Waals surface area contributed by atoms with Gasteiger partial charge in [0.05, 0.1) is 6.61 Å². The molecule has 1 aromatic rings. The van der Waals surface area contributed by atoms with E-state index < -0.39 is 0 Å². The van der Waals surface area contributed by atoms with E-state index in [2.05, 4.69) is 0 Å². The van der Waals surface area contributed by atoms with Crippen LogP contribution in [0.5, 0.6) is 0 Å². The van der Waals surface area contributed by atoms with Crippen LogP contribution in [0.2, 0.25) is 5.02 Å². The Labute approximate surface area is 101 Å². The molecule has 0 heterocycles.